The monoisotopic (exact) mass is 431 g/mol. The van der Waals surface area contributed by atoms with Crippen LogP contribution in [0, 0.1) is 0 Å². The lowest BCUT2D eigenvalue weighted by Gasteiger charge is -2.33. The molecule has 1 unspecified atom stereocenters. The lowest BCUT2D eigenvalue weighted by molar-refractivity contribution is -0.150. The molecule has 0 saturated carbocycles. The lowest BCUT2D eigenvalue weighted by atomic mass is 9.97. The van der Waals surface area contributed by atoms with E-state index >= 15 is 0 Å². The predicted octanol–water partition coefficient (Wildman–Crippen LogP) is 4.17. The maximum absolute atomic E-state index is 12.7. The van der Waals surface area contributed by atoms with Crippen molar-refractivity contribution in [1.29, 1.82) is 0 Å². The number of ether oxygens (including phenoxy) is 2. The van der Waals surface area contributed by atoms with Crippen LogP contribution in [0.2, 0.25) is 0 Å². The summed E-state index contributed by atoms with van der Waals surface area (Å²) < 4.78 is 11.3. The van der Waals surface area contributed by atoms with Crippen molar-refractivity contribution in [3.8, 4) is 0 Å². The molecular weight excluding hydrogens is 402 g/mol. The van der Waals surface area contributed by atoms with E-state index in [-0.39, 0.29) is 17.8 Å². The van der Waals surface area contributed by atoms with Gasteiger partial charge in [-0.3, -0.25) is 14.5 Å². The molecule has 2 heterocycles. The van der Waals surface area contributed by atoms with Crippen molar-refractivity contribution in [2.24, 2.45) is 0 Å². The van der Waals surface area contributed by atoms with Crippen molar-refractivity contribution < 1.29 is 19.1 Å². The van der Waals surface area contributed by atoms with E-state index in [9.17, 15) is 9.59 Å². The van der Waals surface area contributed by atoms with E-state index in [4.69, 9.17) is 9.47 Å². The second-order valence-electron chi connectivity index (χ2n) is 8.79. The third-order valence-corrected chi connectivity index (χ3v) is 6.79. The first kappa shape index (κ1) is 21.0. The molecule has 0 spiro atoms. The fourth-order valence-corrected chi connectivity index (χ4v) is 5.19. The van der Waals surface area contributed by atoms with Crippen LogP contribution >= 0.6 is 0 Å². The van der Waals surface area contributed by atoms with E-state index in [1.807, 2.05) is 31.2 Å². The van der Waals surface area contributed by atoms with Crippen LogP contribution in [-0.2, 0) is 38.5 Å². The van der Waals surface area contributed by atoms with Crippen LogP contribution in [0.15, 0.2) is 42.5 Å². The van der Waals surface area contributed by atoms with Gasteiger partial charge in [-0.05, 0) is 49.4 Å². The molecule has 5 rings (SSSR count). The molecular formula is C27H29NO4. The smallest absolute Gasteiger partial charge is 0.323 e. The molecule has 0 aromatic heterocycles. The minimum absolute atomic E-state index is 0.0904. The molecule has 32 heavy (non-hydrogen) atoms. The molecule has 0 radical (unpaired) electrons. The summed E-state index contributed by atoms with van der Waals surface area (Å²) in [5.74, 6) is 0.764. The summed E-state index contributed by atoms with van der Waals surface area (Å²) in [6, 6.07) is 14.3. The molecule has 2 aromatic rings. The first-order valence-electron chi connectivity index (χ1n) is 11.7. The average molecular weight is 432 g/mol. The number of benzene rings is 2. The van der Waals surface area contributed by atoms with E-state index in [1.54, 1.807) is 0 Å². The van der Waals surface area contributed by atoms with E-state index < -0.39 is 0 Å². The Hall–Kier alpha value is -2.92. The molecule has 5 nitrogen and oxygen atoms in total. The highest BCUT2D eigenvalue weighted by molar-refractivity contribution is 6.31. The summed E-state index contributed by atoms with van der Waals surface area (Å²) >= 11 is 0. The number of carbonyl (C=O) groups excluding carboxylic acids is 2. The topological polar surface area (TPSA) is 55.8 Å². The van der Waals surface area contributed by atoms with Crippen molar-refractivity contribution >= 4 is 23.1 Å². The number of piperidine rings is 1. The van der Waals surface area contributed by atoms with Crippen LogP contribution in [0.5, 0.6) is 0 Å². The molecule has 0 amide bonds. The molecule has 2 aliphatic heterocycles. The van der Waals surface area contributed by atoms with Gasteiger partial charge >= 0.3 is 5.97 Å². The fraction of sp³-hybridized carbons (Fsp3) is 0.407. The summed E-state index contributed by atoms with van der Waals surface area (Å²) in [7, 11) is 0. The molecule has 1 saturated heterocycles. The number of Topliss-reactive ketones (excluding diaryl/α,β-unsaturated/α-hetero) is 1. The van der Waals surface area contributed by atoms with Gasteiger partial charge in [0.05, 0.1) is 12.2 Å². The molecule has 2 aromatic carbocycles. The second-order valence-corrected chi connectivity index (χ2v) is 8.79. The Bertz CT molecular complexity index is 1090. The highest BCUT2D eigenvalue weighted by atomic mass is 16.5. The summed E-state index contributed by atoms with van der Waals surface area (Å²) in [6.07, 6.45) is 4.40. The predicted molar refractivity (Wildman–Crippen MR) is 123 cm³/mol. The van der Waals surface area contributed by atoms with E-state index in [0.29, 0.717) is 19.6 Å². The summed E-state index contributed by atoms with van der Waals surface area (Å²) in [5.41, 5.74) is 6.17. The van der Waals surface area contributed by atoms with Crippen molar-refractivity contribution in [2.75, 3.05) is 19.7 Å². The number of ketones is 1. The van der Waals surface area contributed by atoms with Crippen LogP contribution in [-0.4, -0.2) is 42.4 Å². The van der Waals surface area contributed by atoms with Crippen molar-refractivity contribution in [1.82, 2.24) is 4.90 Å². The maximum atomic E-state index is 12.7. The van der Waals surface area contributed by atoms with Gasteiger partial charge in [0.15, 0.2) is 5.78 Å². The first-order chi connectivity index (χ1) is 15.7. The number of carbonyl (C=O) groups is 2. The van der Waals surface area contributed by atoms with E-state index in [2.05, 4.69) is 23.1 Å². The summed E-state index contributed by atoms with van der Waals surface area (Å²) in [5, 5.41) is 0. The first-order valence-corrected chi connectivity index (χ1v) is 11.7. The zero-order valence-electron chi connectivity index (χ0n) is 18.6. The Balaban J connectivity index is 1.34. The van der Waals surface area contributed by atoms with Gasteiger partial charge < -0.3 is 9.47 Å². The minimum Gasteiger partial charge on any atom is -0.487 e. The molecule has 0 bridgehead atoms. The van der Waals surface area contributed by atoms with Crippen LogP contribution in [0.1, 0.15) is 54.0 Å². The normalized spacial score (nSPS) is 22.4. The zero-order valence-corrected chi connectivity index (χ0v) is 18.6. The molecule has 166 valence electrons. The van der Waals surface area contributed by atoms with Gasteiger partial charge in [0.2, 0.25) is 0 Å². The maximum Gasteiger partial charge on any atom is 0.323 e. The third kappa shape index (κ3) is 3.86. The molecule has 1 atom stereocenters. The number of hydrogen-bond acceptors (Lipinski definition) is 5. The van der Waals surface area contributed by atoms with Crippen LogP contribution < -0.4 is 0 Å². The number of allylic oxidation sites excluding steroid dienone is 1. The number of nitrogens with zero attached hydrogens (tertiary/aromatic N) is 1. The third-order valence-electron chi connectivity index (χ3n) is 6.79. The average Bonchev–Trinajstić information content (AvgIpc) is 3.37. The van der Waals surface area contributed by atoms with Gasteiger partial charge in [0.1, 0.15) is 18.4 Å². The number of esters is 1. The molecule has 1 aliphatic carbocycles. The Morgan fingerprint density at radius 2 is 2.00 bits per heavy atom. The van der Waals surface area contributed by atoms with Gasteiger partial charge in [0.25, 0.3) is 0 Å². The highest BCUT2D eigenvalue weighted by Gasteiger charge is 2.32. The largest absolute Gasteiger partial charge is 0.487 e. The standard InChI is InChI=1S/C27H29NO4/c1-2-31-27(30)23-9-5-6-13-28(23)14-12-18-10-11-22-20(15-18)17-32-26(22)25-21-8-4-3-7-19(21)16-24(25)29/h3-4,7-8,10-11,15,23H,2,5-6,9,12-14,16-17H2,1H3/b26-25+. The number of fused-ring (bicyclic) bond motifs is 2. The lowest BCUT2D eigenvalue weighted by Crippen LogP contribution is -2.46. The second kappa shape index (κ2) is 8.91. The molecule has 3 aliphatic rings. The number of rotatable bonds is 5. The van der Waals surface area contributed by atoms with E-state index in [1.165, 1.54) is 5.56 Å². The Kier molecular flexibility index (Phi) is 5.83. The number of hydrogen-bond donors (Lipinski definition) is 0. The van der Waals surface area contributed by atoms with Crippen molar-refractivity contribution in [3.05, 3.63) is 70.3 Å². The quantitative estimate of drug-likeness (QED) is 0.525. The fourth-order valence-electron chi connectivity index (χ4n) is 5.19. The van der Waals surface area contributed by atoms with Crippen molar-refractivity contribution in [3.63, 3.8) is 0 Å². The van der Waals surface area contributed by atoms with Crippen molar-refractivity contribution in [2.45, 2.75) is 51.7 Å². The summed E-state index contributed by atoms with van der Waals surface area (Å²) in [4.78, 5) is 27.3. The van der Waals surface area contributed by atoms with Gasteiger partial charge in [-0.15, -0.1) is 0 Å². The van der Waals surface area contributed by atoms with Gasteiger partial charge in [-0.2, -0.15) is 0 Å². The van der Waals surface area contributed by atoms with Gasteiger partial charge in [-0.25, -0.2) is 0 Å². The SMILES string of the molecule is CCOC(=O)C1CCCCN1CCc1ccc2c(c1)CO/C2=C1/C(=O)Cc2ccccc21. The molecule has 5 heteroatoms. The molecule has 1 fully saturated rings. The van der Waals surface area contributed by atoms with Gasteiger partial charge in [0, 0.05) is 24.1 Å². The zero-order chi connectivity index (χ0) is 22.1. The van der Waals surface area contributed by atoms with Crippen LogP contribution in [0.3, 0.4) is 0 Å². The van der Waals surface area contributed by atoms with Gasteiger partial charge in [-0.1, -0.05) is 48.9 Å². The summed E-state index contributed by atoms with van der Waals surface area (Å²) in [6.45, 7) is 4.56. The molecule has 0 N–H and O–H groups in total. The number of likely N-dealkylation sites (tertiary alicyclic amines) is 1. The Morgan fingerprint density at radius 1 is 1.12 bits per heavy atom. The Labute approximate surface area is 189 Å². The highest BCUT2D eigenvalue weighted by Crippen LogP contribution is 2.40. The Morgan fingerprint density at radius 3 is 2.88 bits per heavy atom. The van der Waals surface area contributed by atoms with E-state index in [0.717, 1.165) is 72.4 Å². The van der Waals surface area contributed by atoms with Crippen LogP contribution in [0.4, 0.5) is 0 Å². The van der Waals surface area contributed by atoms with Crippen LogP contribution in [0.25, 0.3) is 11.3 Å². The minimum atomic E-state index is -0.119.